The van der Waals surface area contributed by atoms with Crippen LogP contribution in [0.1, 0.15) is 12.5 Å². The quantitative estimate of drug-likeness (QED) is 0.538. The van der Waals surface area contributed by atoms with E-state index in [0.717, 1.165) is 5.39 Å². The van der Waals surface area contributed by atoms with Crippen molar-refractivity contribution in [3.05, 3.63) is 59.9 Å². The summed E-state index contributed by atoms with van der Waals surface area (Å²) in [6, 6.07) is 12.9. The first-order chi connectivity index (χ1) is 13.6. The first-order valence-electron chi connectivity index (χ1n) is 8.66. The number of ether oxygens (including phenoxy) is 1. The van der Waals surface area contributed by atoms with Gasteiger partial charge in [-0.1, -0.05) is 29.4 Å². The summed E-state index contributed by atoms with van der Waals surface area (Å²) >= 11 is 0. The van der Waals surface area contributed by atoms with Crippen molar-refractivity contribution in [1.29, 1.82) is 0 Å². The summed E-state index contributed by atoms with van der Waals surface area (Å²) in [4.78, 5) is 12.1. The number of furan rings is 1. The zero-order chi connectivity index (χ0) is 19.5. The number of halogens is 1. The first-order valence-corrected chi connectivity index (χ1v) is 8.66. The maximum Gasteiger partial charge on any atom is 0.322 e. The van der Waals surface area contributed by atoms with Gasteiger partial charge < -0.3 is 13.6 Å². The summed E-state index contributed by atoms with van der Waals surface area (Å²) < 4.78 is 29.7. The third-order valence-corrected chi connectivity index (χ3v) is 3.97. The molecule has 2 aromatic carbocycles. The summed E-state index contributed by atoms with van der Waals surface area (Å²) in [5.41, 5.74) is 1.25. The molecule has 0 spiro atoms. The number of benzene rings is 2. The van der Waals surface area contributed by atoms with Gasteiger partial charge >= 0.3 is 6.01 Å². The topological polar surface area (TPSA) is 90.4 Å². The number of carbonyl (C=O) groups is 1. The molecule has 0 fully saturated rings. The van der Waals surface area contributed by atoms with E-state index in [1.807, 2.05) is 25.1 Å². The SMILES string of the molecule is CCOc1cccc2cc(-c3nnc(NC(=O)Cc4ccc(F)cc4)o3)oc12. The highest BCUT2D eigenvalue weighted by Crippen LogP contribution is 2.33. The molecule has 0 unspecified atom stereocenters. The number of hydrogen-bond acceptors (Lipinski definition) is 6. The third-order valence-electron chi connectivity index (χ3n) is 3.97. The van der Waals surface area contributed by atoms with Crippen molar-refractivity contribution in [3.63, 3.8) is 0 Å². The van der Waals surface area contributed by atoms with Crippen LogP contribution < -0.4 is 10.1 Å². The van der Waals surface area contributed by atoms with E-state index in [0.29, 0.717) is 29.3 Å². The molecule has 4 rings (SSSR count). The lowest BCUT2D eigenvalue weighted by Crippen LogP contribution is -2.14. The lowest BCUT2D eigenvalue weighted by Gasteiger charge is -2.02. The van der Waals surface area contributed by atoms with Gasteiger partial charge in [-0.05, 0) is 36.8 Å². The molecule has 0 bridgehead atoms. The molecular formula is C20H16FN3O4. The van der Waals surface area contributed by atoms with Crippen molar-refractivity contribution >= 4 is 22.9 Å². The van der Waals surface area contributed by atoms with Gasteiger partial charge in [-0.25, -0.2) is 4.39 Å². The van der Waals surface area contributed by atoms with Crippen LogP contribution in [0.5, 0.6) is 5.75 Å². The van der Waals surface area contributed by atoms with Crippen molar-refractivity contribution in [2.75, 3.05) is 11.9 Å². The molecule has 2 aromatic heterocycles. The Morgan fingerprint density at radius 2 is 1.96 bits per heavy atom. The lowest BCUT2D eigenvalue weighted by molar-refractivity contribution is -0.115. The number of nitrogens with one attached hydrogen (secondary N) is 1. The van der Waals surface area contributed by atoms with E-state index in [1.54, 1.807) is 18.2 Å². The fourth-order valence-corrected chi connectivity index (χ4v) is 2.74. The molecule has 0 aliphatic carbocycles. The molecule has 8 heteroatoms. The second kappa shape index (κ2) is 7.51. The minimum Gasteiger partial charge on any atom is -0.490 e. The number of fused-ring (bicyclic) bond motifs is 1. The maximum absolute atomic E-state index is 12.9. The van der Waals surface area contributed by atoms with E-state index in [-0.39, 0.29) is 30.1 Å². The average Bonchev–Trinajstić information content (AvgIpc) is 3.31. The first kappa shape index (κ1) is 17.7. The molecule has 0 radical (unpaired) electrons. The molecule has 1 N–H and O–H groups in total. The van der Waals surface area contributed by atoms with Gasteiger partial charge in [0.2, 0.25) is 5.91 Å². The molecule has 0 atom stereocenters. The Morgan fingerprint density at radius 3 is 2.75 bits per heavy atom. The fraction of sp³-hybridized carbons (Fsp3) is 0.150. The Bertz CT molecular complexity index is 1120. The highest BCUT2D eigenvalue weighted by atomic mass is 19.1. The molecule has 1 amide bonds. The summed E-state index contributed by atoms with van der Waals surface area (Å²) in [5.74, 6) is 0.414. The molecule has 0 aliphatic heterocycles. The van der Waals surface area contributed by atoms with Crippen LogP contribution in [0.3, 0.4) is 0 Å². The monoisotopic (exact) mass is 381 g/mol. The maximum atomic E-state index is 12.9. The van der Waals surface area contributed by atoms with E-state index in [2.05, 4.69) is 15.5 Å². The predicted molar refractivity (Wildman–Crippen MR) is 99.4 cm³/mol. The van der Waals surface area contributed by atoms with Crippen molar-refractivity contribution < 1.29 is 22.8 Å². The number of rotatable bonds is 6. The Kier molecular flexibility index (Phi) is 4.76. The second-order valence-corrected chi connectivity index (χ2v) is 5.98. The van der Waals surface area contributed by atoms with Gasteiger partial charge in [-0.2, -0.15) is 0 Å². The summed E-state index contributed by atoms with van der Waals surface area (Å²) in [6.07, 6.45) is 0.0559. The van der Waals surface area contributed by atoms with Crippen LogP contribution in [0.2, 0.25) is 0 Å². The molecule has 0 saturated carbocycles. The molecule has 0 aliphatic rings. The molecule has 28 heavy (non-hydrogen) atoms. The van der Waals surface area contributed by atoms with Crippen LogP contribution in [0.25, 0.3) is 22.6 Å². The largest absolute Gasteiger partial charge is 0.490 e. The van der Waals surface area contributed by atoms with Gasteiger partial charge in [0.05, 0.1) is 13.0 Å². The van der Waals surface area contributed by atoms with E-state index in [9.17, 15) is 9.18 Å². The Hall–Kier alpha value is -3.68. The molecule has 4 aromatic rings. The summed E-state index contributed by atoms with van der Waals surface area (Å²) in [6.45, 7) is 2.40. The Morgan fingerprint density at radius 1 is 1.14 bits per heavy atom. The number of anilines is 1. The van der Waals surface area contributed by atoms with E-state index < -0.39 is 0 Å². The number of hydrogen-bond donors (Lipinski definition) is 1. The van der Waals surface area contributed by atoms with Crippen LogP contribution in [-0.4, -0.2) is 22.7 Å². The zero-order valence-electron chi connectivity index (χ0n) is 14.9. The Balaban J connectivity index is 1.49. The van der Waals surface area contributed by atoms with Crippen molar-refractivity contribution in [3.8, 4) is 17.4 Å². The zero-order valence-corrected chi connectivity index (χ0v) is 14.9. The number of amides is 1. The number of nitrogens with zero attached hydrogens (tertiary/aromatic N) is 2. The number of aromatic nitrogens is 2. The summed E-state index contributed by atoms with van der Waals surface area (Å²) in [7, 11) is 0. The van der Waals surface area contributed by atoms with Gasteiger partial charge in [0.15, 0.2) is 17.1 Å². The fourth-order valence-electron chi connectivity index (χ4n) is 2.74. The molecule has 142 valence electrons. The second-order valence-electron chi connectivity index (χ2n) is 5.98. The normalized spacial score (nSPS) is 10.9. The van der Waals surface area contributed by atoms with E-state index in [1.165, 1.54) is 12.1 Å². The predicted octanol–water partition coefficient (Wildman–Crippen LogP) is 4.20. The van der Waals surface area contributed by atoms with Crippen LogP contribution in [0, 0.1) is 5.82 Å². The van der Waals surface area contributed by atoms with E-state index in [4.69, 9.17) is 13.6 Å². The highest BCUT2D eigenvalue weighted by molar-refractivity contribution is 5.90. The van der Waals surface area contributed by atoms with Gasteiger partial charge in [-0.15, -0.1) is 5.10 Å². The minimum absolute atomic E-state index is 0.0485. The highest BCUT2D eigenvalue weighted by Gasteiger charge is 2.17. The van der Waals surface area contributed by atoms with Crippen molar-refractivity contribution in [2.24, 2.45) is 0 Å². The molecule has 0 saturated heterocycles. The standard InChI is InChI=1S/C20H16FN3O4/c1-2-26-15-5-3-4-13-11-16(27-18(13)15)19-23-24-20(28-19)22-17(25)10-12-6-8-14(21)9-7-12/h3-9,11H,2,10H2,1H3,(H,22,24,25). The third kappa shape index (κ3) is 3.71. The summed E-state index contributed by atoms with van der Waals surface area (Å²) in [5, 5.41) is 11.1. The van der Waals surface area contributed by atoms with Crippen molar-refractivity contribution in [1.82, 2.24) is 10.2 Å². The van der Waals surface area contributed by atoms with Crippen molar-refractivity contribution in [2.45, 2.75) is 13.3 Å². The Labute approximate surface area is 159 Å². The molecular weight excluding hydrogens is 365 g/mol. The van der Waals surface area contributed by atoms with Gasteiger partial charge in [0.1, 0.15) is 5.82 Å². The molecule has 7 nitrogen and oxygen atoms in total. The number of para-hydroxylation sites is 1. The van der Waals surface area contributed by atoms with E-state index >= 15 is 0 Å². The van der Waals surface area contributed by atoms with Gasteiger partial charge in [-0.3, -0.25) is 10.1 Å². The van der Waals surface area contributed by atoms with Crippen LogP contribution in [0.4, 0.5) is 10.4 Å². The lowest BCUT2D eigenvalue weighted by atomic mass is 10.1. The van der Waals surface area contributed by atoms with Gasteiger partial charge in [0, 0.05) is 5.39 Å². The van der Waals surface area contributed by atoms with Gasteiger partial charge in [0.25, 0.3) is 5.89 Å². The average molecular weight is 381 g/mol. The van der Waals surface area contributed by atoms with Crippen LogP contribution in [-0.2, 0) is 11.2 Å². The minimum atomic E-state index is -0.357. The smallest absolute Gasteiger partial charge is 0.322 e. The number of carbonyl (C=O) groups excluding carboxylic acids is 1. The van der Waals surface area contributed by atoms with Crippen LogP contribution >= 0.6 is 0 Å². The molecule has 2 heterocycles. The van der Waals surface area contributed by atoms with Crippen LogP contribution in [0.15, 0.2) is 57.4 Å².